The summed E-state index contributed by atoms with van der Waals surface area (Å²) in [6, 6.07) is 7.52. The lowest BCUT2D eigenvalue weighted by atomic mass is 9.93. The lowest BCUT2D eigenvalue weighted by molar-refractivity contribution is -0.142. The van der Waals surface area contributed by atoms with Crippen LogP contribution in [0.25, 0.3) is 0 Å². The third-order valence-corrected chi connectivity index (χ3v) is 4.93. The van der Waals surface area contributed by atoms with Gasteiger partial charge in [0.05, 0.1) is 26.2 Å². The molecule has 1 heterocycles. The van der Waals surface area contributed by atoms with E-state index in [1.54, 1.807) is 14.0 Å². The molecular weight excluding hydrogens is 340 g/mol. The number of aliphatic imine (C=N–C) groups is 1. The van der Waals surface area contributed by atoms with Crippen molar-refractivity contribution in [1.82, 2.24) is 5.32 Å². The van der Waals surface area contributed by atoms with E-state index in [2.05, 4.69) is 10.3 Å². The van der Waals surface area contributed by atoms with E-state index in [0.717, 1.165) is 24.2 Å². The molecule has 0 saturated heterocycles. The largest absolute Gasteiger partial charge is 0.497 e. The molecule has 1 amide bonds. The molecule has 1 aromatic rings. The molecule has 1 N–H and O–H groups in total. The highest BCUT2D eigenvalue weighted by molar-refractivity contribution is 8.15. The quantitative estimate of drug-likeness (QED) is 0.753. The summed E-state index contributed by atoms with van der Waals surface area (Å²) in [5.74, 6) is 0.0943. The van der Waals surface area contributed by atoms with E-state index >= 15 is 0 Å². The standard InChI is InChI=1S/C18H24N2O4S/c1-4-6-14(12-7-9-13(23-3)10-8-12)16(21)20-18-19-11-15(25-18)17(22)24-5-2/h7-10,14-15H,4-6,11H2,1-3H3,(H,19,20,21)/t14-,15?/m0/s1. The maximum Gasteiger partial charge on any atom is 0.321 e. The lowest BCUT2D eigenvalue weighted by Gasteiger charge is -2.17. The molecule has 1 aliphatic rings. The molecule has 2 atom stereocenters. The number of methoxy groups -OCH3 is 1. The molecule has 1 aliphatic heterocycles. The summed E-state index contributed by atoms with van der Waals surface area (Å²) in [5, 5.41) is 2.96. The molecule has 0 radical (unpaired) electrons. The highest BCUT2D eigenvalue weighted by Crippen LogP contribution is 2.26. The molecule has 0 saturated carbocycles. The minimum Gasteiger partial charge on any atom is -0.497 e. The molecule has 0 aromatic heterocycles. The zero-order valence-corrected chi connectivity index (χ0v) is 15.6. The molecular formula is C18H24N2O4S. The maximum absolute atomic E-state index is 12.7. The van der Waals surface area contributed by atoms with Crippen LogP contribution in [0.3, 0.4) is 0 Å². The first-order valence-corrected chi connectivity index (χ1v) is 9.29. The van der Waals surface area contributed by atoms with Crippen molar-refractivity contribution < 1.29 is 19.1 Å². The number of carbonyl (C=O) groups excluding carboxylic acids is 2. The average molecular weight is 364 g/mol. The third-order valence-electron chi connectivity index (χ3n) is 3.85. The van der Waals surface area contributed by atoms with Gasteiger partial charge in [0.15, 0.2) is 5.17 Å². The predicted octanol–water partition coefficient (Wildman–Crippen LogP) is 2.73. The van der Waals surface area contributed by atoms with Crippen LogP contribution in [0.1, 0.15) is 38.2 Å². The fourth-order valence-corrected chi connectivity index (χ4v) is 3.46. The number of esters is 1. The van der Waals surface area contributed by atoms with Gasteiger partial charge >= 0.3 is 5.97 Å². The smallest absolute Gasteiger partial charge is 0.321 e. The van der Waals surface area contributed by atoms with Gasteiger partial charge in [-0.25, -0.2) is 0 Å². The zero-order valence-electron chi connectivity index (χ0n) is 14.8. The molecule has 0 bridgehead atoms. The van der Waals surface area contributed by atoms with Crippen LogP contribution >= 0.6 is 11.8 Å². The Morgan fingerprint density at radius 2 is 2.04 bits per heavy atom. The molecule has 7 heteroatoms. The molecule has 1 unspecified atom stereocenters. The van der Waals surface area contributed by atoms with Gasteiger partial charge in [0.1, 0.15) is 11.0 Å². The number of amidine groups is 1. The monoisotopic (exact) mass is 364 g/mol. The van der Waals surface area contributed by atoms with E-state index in [-0.39, 0.29) is 23.0 Å². The van der Waals surface area contributed by atoms with E-state index in [4.69, 9.17) is 9.47 Å². The second kappa shape index (κ2) is 9.46. The Morgan fingerprint density at radius 3 is 2.64 bits per heavy atom. The minimum atomic E-state index is -0.374. The Morgan fingerprint density at radius 1 is 1.32 bits per heavy atom. The van der Waals surface area contributed by atoms with Crippen molar-refractivity contribution >= 4 is 28.8 Å². The second-order valence-electron chi connectivity index (χ2n) is 5.61. The van der Waals surface area contributed by atoms with E-state index in [1.165, 1.54) is 11.8 Å². The first kappa shape index (κ1) is 19.3. The number of carbonyl (C=O) groups is 2. The van der Waals surface area contributed by atoms with Gasteiger partial charge in [0.25, 0.3) is 0 Å². The topological polar surface area (TPSA) is 77.0 Å². The summed E-state index contributed by atoms with van der Waals surface area (Å²) < 4.78 is 10.2. The summed E-state index contributed by atoms with van der Waals surface area (Å²) in [5.41, 5.74) is 0.936. The lowest BCUT2D eigenvalue weighted by Crippen LogP contribution is -2.33. The van der Waals surface area contributed by atoms with Crippen molar-refractivity contribution in [3.8, 4) is 5.75 Å². The molecule has 1 aromatic carbocycles. The molecule has 6 nitrogen and oxygen atoms in total. The Labute approximate surface area is 152 Å². The molecule has 25 heavy (non-hydrogen) atoms. The van der Waals surface area contributed by atoms with Crippen LogP contribution in [0.2, 0.25) is 0 Å². The van der Waals surface area contributed by atoms with E-state index in [0.29, 0.717) is 18.3 Å². The van der Waals surface area contributed by atoms with Crippen LogP contribution in [0.15, 0.2) is 29.3 Å². The Balaban J connectivity index is 2.00. The van der Waals surface area contributed by atoms with E-state index in [1.807, 2.05) is 31.2 Å². The van der Waals surface area contributed by atoms with Crippen LogP contribution in [0, 0.1) is 0 Å². The molecule has 0 aliphatic carbocycles. The van der Waals surface area contributed by atoms with Crippen molar-refractivity contribution in [2.75, 3.05) is 20.3 Å². The Kier molecular flexibility index (Phi) is 7.31. The SMILES string of the molecule is CCC[C@H](C(=O)NC1=NCC(C(=O)OCC)S1)c1ccc(OC)cc1. The average Bonchev–Trinajstić information content (AvgIpc) is 3.08. The summed E-state index contributed by atoms with van der Waals surface area (Å²) in [6.07, 6.45) is 1.62. The van der Waals surface area contributed by atoms with E-state index < -0.39 is 0 Å². The van der Waals surface area contributed by atoms with Crippen LogP contribution in [0.4, 0.5) is 0 Å². The van der Waals surface area contributed by atoms with Gasteiger partial charge in [0, 0.05) is 0 Å². The van der Waals surface area contributed by atoms with Gasteiger partial charge in [-0.3, -0.25) is 14.6 Å². The van der Waals surface area contributed by atoms with Gasteiger partial charge in [-0.2, -0.15) is 0 Å². The number of benzene rings is 1. The van der Waals surface area contributed by atoms with E-state index in [9.17, 15) is 9.59 Å². The number of amides is 1. The normalized spacial score (nSPS) is 17.6. The fraction of sp³-hybridized carbons (Fsp3) is 0.500. The van der Waals surface area contributed by atoms with Gasteiger partial charge < -0.3 is 14.8 Å². The molecule has 0 spiro atoms. The summed E-state index contributed by atoms with van der Waals surface area (Å²) in [7, 11) is 1.61. The number of hydrogen-bond donors (Lipinski definition) is 1. The van der Waals surface area contributed by atoms with Crippen LogP contribution in [-0.4, -0.2) is 42.6 Å². The minimum absolute atomic E-state index is 0.109. The van der Waals surface area contributed by atoms with Crippen molar-refractivity contribution in [3.63, 3.8) is 0 Å². The van der Waals surface area contributed by atoms with Crippen LogP contribution < -0.4 is 10.1 Å². The summed E-state index contributed by atoms with van der Waals surface area (Å²) in [4.78, 5) is 28.7. The number of nitrogens with one attached hydrogen (secondary N) is 1. The predicted molar refractivity (Wildman–Crippen MR) is 99.1 cm³/mol. The third kappa shape index (κ3) is 5.22. The van der Waals surface area contributed by atoms with Crippen LogP contribution in [0.5, 0.6) is 5.75 Å². The molecule has 2 rings (SSSR count). The first-order valence-electron chi connectivity index (χ1n) is 8.41. The maximum atomic E-state index is 12.7. The molecule has 0 fully saturated rings. The van der Waals surface area contributed by atoms with Crippen molar-refractivity contribution in [1.29, 1.82) is 0 Å². The Hall–Kier alpha value is -2.02. The summed E-state index contributed by atoms with van der Waals surface area (Å²) in [6.45, 7) is 4.49. The number of nitrogens with zero attached hydrogens (tertiary/aromatic N) is 1. The molecule has 136 valence electrons. The highest BCUT2D eigenvalue weighted by atomic mass is 32.2. The van der Waals surface area contributed by atoms with Gasteiger partial charge in [-0.15, -0.1) is 0 Å². The number of rotatable bonds is 7. The summed E-state index contributed by atoms with van der Waals surface area (Å²) >= 11 is 1.25. The fourth-order valence-electron chi connectivity index (χ4n) is 2.57. The zero-order chi connectivity index (χ0) is 18.2. The van der Waals surface area contributed by atoms with Gasteiger partial charge in [-0.05, 0) is 31.0 Å². The Bertz CT molecular complexity index is 630. The number of ether oxygens (including phenoxy) is 2. The van der Waals surface area contributed by atoms with Crippen molar-refractivity contribution in [3.05, 3.63) is 29.8 Å². The first-order chi connectivity index (χ1) is 12.1. The second-order valence-corrected chi connectivity index (χ2v) is 6.80. The highest BCUT2D eigenvalue weighted by Gasteiger charge is 2.30. The van der Waals surface area contributed by atoms with Crippen molar-refractivity contribution in [2.45, 2.75) is 37.9 Å². The van der Waals surface area contributed by atoms with Crippen LogP contribution in [-0.2, 0) is 14.3 Å². The van der Waals surface area contributed by atoms with Gasteiger partial charge in [0.2, 0.25) is 5.91 Å². The number of thioether (sulfide) groups is 1. The van der Waals surface area contributed by atoms with Gasteiger partial charge in [-0.1, -0.05) is 37.2 Å². The van der Waals surface area contributed by atoms with Crippen molar-refractivity contribution in [2.24, 2.45) is 4.99 Å². The number of hydrogen-bond acceptors (Lipinski definition) is 6.